The van der Waals surface area contributed by atoms with E-state index in [1.165, 1.54) is 0 Å². The third-order valence-electron chi connectivity index (χ3n) is 3.12. The predicted octanol–water partition coefficient (Wildman–Crippen LogP) is 3.42. The van der Waals surface area contributed by atoms with Crippen molar-refractivity contribution in [1.29, 1.82) is 0 Å². The summed E-state index contributed by atoms with van der Waals surface area (Å²) in [5.41, 5.74) is 0.501. The number of halogens is 2. The van der Waals surface area contributed by atoms with E-state index in [0.29, 0.717) is 16.6 Å². The van der Waals surface area contributed by atoms with E-state index >= 15 is 0 Å². The first-order valence-electron chi connectivity index (χ1n) is 6.18. The molecule has 1 amide bonds. The van der Waals surface area contributed by atoms with Crippen molar-refractivity contribution in [3.05, 3.63) is 33.8 Å². The molecule has 0 aromatic heterocycles. The highest BCUT2D eigenvalue weighted by Crippen LogP contribution is 2.26. The molecule has 0 bridgehead atoms. The molecule has 2 N–H and O–H groups in total. The zero-order chi connectivity index (χ0) is 14.6. The molecule has 0 fully saturated rings. The Morgan fingerprint density at radius 2 is 2.00 bits per heavy atom. The number of carbonyl (C=O) groups is 1. The molecule has 5 heteroatoms. The Morgan fingerprint density at radius 1 is 1.37 bits per heavy atom. The van der Waals surface area contributed by atoms with E-state index in [9.17, 15) is 4.79 Å². The molecule has 19 heavy (non-hydrogen) atoms. The van der Waals surface area contributed by atoms with Crippen LogP contribution in [0.1, 0.15) is 32.4 Å². The van der Waals surface area contributed by atoms with Gasteiger partial charge in [-0.25, -0.2) is 0 Å². The van der Waals surface area contributed by atoms with Gasteiger partial charge in [-0.15, -0.1) is 0 Å². The van der Waals surface area contributed by atoms with Crippen molar-refractivity contribution in [1.82, 2.24) is 10.6 Å². The fourth-order valence-electron chi connectivity index (χ4n) is 1.79. The van der Waals surface area contributed by atoms with E-state index in [1.807, 2.05) is 32.9 Å². The van der Waals surface area contributed by atoms with Crippen molar-refractivity contribution in [2.45, 2.75) is 26.8 Å². The Kier molecular flexibility index (Phi) is 5.65. The summed E-state index contributed by atoms with van der Waals surface area (Å²) >= 11 is 12.0. The van der Waals surface area contributed by atoms with Gasteiger partial charge in [0.05, 0.1) is 5.41 Å². The molecule has 0 radical (unpaired) electrons. The molecular weight excluding hydrogens is 283 g/mol. The van der Waals surface area contributed by atoms with Crippen LogP contribution >= 0.6 is 23.2 Å². The molecule has 106 valence electrons. The molecule has 0 aliphatic carbocycles. The summed E-state index contributed by atoms with van der Waals surface area (Å²) < 4.78 is 0. The van der Waals surface area contributed by atoms with Crippen molar-refractivity contribution in [2.24, 2.45) is 5.41 Å². The Morgan fingerprint density at radius 3 is 2.53 bits per heavy atom. The SMILES string of the molecule is CNC(=O)C(C)(C)CNC(C)c1ccc(Cl)cc1Cl. The highest BCUT2D eigenvalue weighted by molar-refractivity contribution is 6.35. The van der Waals surface area contributed by atoms with Crippen LogP contribution in [0.3, 0.4) is 0 Å². The standard InChI is InChI=1S/C14H20Cl2N2O/c1-9(11-6-5-10(15)7-12(11)16)18-8-14(2,3)13(19)17-4/h5-7,9,18H,8H2,1-4H3,(H,17,19). The van der Waals surface area contributed by atoms with E-state index < -0.39 is 5.41 Å². The van der Waals surface area contributed by atoms with Crippen LogP contribution in [-0.2, 0) is 4.79 Å². The Balaban J connectivity index is 2.70. The zero-order valence-corrected chi connectivity index (χ0v) is 13.2. The number of nitrogens with one attached hydrogen (secondary N) is 2. The molecule has 0 heterocycles. The van der Waals surface area contributed by atoms with E-state index in [2.05, 4.69) is 10.6 Å². The summed E-state index contributed by atoms with van der Waals surface area (Å²) in [6.45, 7) is 6.37. The lowest BCUT2D eigenvalue weighted by atomic mass is 9.91. The topological polar surface area (TPSA) is 41.1 Å². The second kappa shape index (κ2) is 6.60. The summed E-state index contributed by atoms with van der Waals surface area (Å²) in [4.78, 5) is 11.7. The number of benzene rings is 1. The van der Waals surface area contributed by atoms with Gasteiger partial charge in [0.25, 0.3) is 0 Å². The van der Waals surface area contributed by atoms with E-state index in [-0.39, 0.29) is 11.9 Å². The lowest BCUT2D eigenvalue weighted by Gasteiger charge is -2.26. The maximum Gasteiger partial charge on any atom is 0.226 e. The van der Waals surface area contributed by atoms with Crippen LogP contribution in [0.2, 0.25) is 10.0 Å². The first-order valence-corrected chi connectivity index (χ1v) is 6.94. The lowest BCUT2D eigenvalue weighted by Crippen LogP contribution is -2.42. The third kappa shape index (κ3) is 4.37. The first kappa shape index (κ1) is 16.3. The maximum absolute atomic E-state index is 11.7. The number of rotatable bonds is 5. The van der Waals surface area contributed by atoms with Gasteiger partial charge in [-0.3, -0.25) is 4.79 Å². The third-order valence-corrected chi connectivity index (χ3v) is 3.68. The summed E-state index contributed by atoms with van der Waals surface area (Å²) in [5, 5.41) is 7.24. The van der Waals surface area contributed by atoms with Gasteiger partial charge in [0.2, 0.25) is 5.91 Å². The Hall–Kier alpha value is -0.770. The van der Waals surface area contributed by atoms with Gasteiger partial charge >= 0.3 is 0 Å². The molecule has 3 nitrogen and oxygen atoms in total. The maximum atomic E-state index is 11.7. The molecule has 1 rings (SSSR count). The van der Waals surface area contributed by atoms with Crippen molar-refractivity contribution < 1.29 is 4.79 Å². The van der Waals surface area contributed by atoms with Gasteiger partial charge in [0.1, 0.15) is 0 Å². The lowest BCUT2D eigenvalue weighted by molar-refractivity contribution is -0.128. The highest BCUT2D eigenvalue weighted by atomic mass is 35.5. The van der Waals surface area contributed by atoms with E-state index in [1.54, 1.807) is 13.1 Å². The minimum absolute atomic E-state index is 0.00871. The van der Waals surface area contributed by atoms with Crippen molar-refractivity contribution >= 4 is 29.1 Å². The quantitative estimate of drug-likeness (QED) is 0.875. The highest BCUT2D eigenvalue weighted by Gasteiger charge is 2.27. The van der Waals surface area contributed by atoms with Crippen molar-refractivity contribution in [3.8, 4) is 0 Å². The van der Waals surface area contributed by atoms with Crippen LogP contribution < -0.4 is 10.6 Å². The minimum atomic E-state index is -0.470. The fourth-order valence-corrected chi connectivity index (χ4v) is 2.36. The summed E-state index contributed by atoms with van der Waals surface area (Å²) in [6.07, 6.45) is 0. The van der Waals surface area contributed by atoms with Crippen LogP contribution in [-0.4, -0.2) is 19.5 Å². The molecule has 0 aliphatic heterocycles. The second-order valence-corrected chi connectivity index (χ2v) is 6.08. The molecule has 0 aliphatic rings. The van der Waals surface area contributed by atoms with Gasteiger partial charge < -0.3 is 10.6 Å². The van der Waals surface area contributed by atoms with Crippen LogP contribution in [0.15, 0.2) is 18.2 Å². The van der Waals surface area contributed by atoms with Crippen LogP contribution in [0.5, 0.6) is 0 Å². The van der Waals surface area contributed by atoms with Crippen molar-refractivity contribution in [2.75, 3.05) is 13.6 Å². The van der Waals surface area contributed by atoms with Gasteiger partial charge in [-0.1, -0.05) is 29.3 Å². The molecule has 1 unspecified atom stereocenters. The van der Waals surface area contributed by atoms with Crippen LogP contribution in [0.25, 0.3) is 0 Å². The number of hydrogen-bond donors (Lipinski definition) is 2. The normalized spacial score (nSPS) is 13.2. The first-order chi connectivity index (χ1) is 8.77. The van der Waals surface area contributed by atoms with Crippen LogP contribution in [0.4, 0.5) is 0 Å². The summed E-state index contributed by atoms with van der Waals surface area (Å²) in [6, 6.07) is 5.48. The largest absolute Gasteiger partial charge is 0.359 e. The smallest absolute Gasteiger partial charge is 0.226 e. The van der Waals surface area contributed by atoms with Crippen molar-refractivity contribution in [3.63, 3.8) is 0 Å². The number of carbonyl (C=O) groups excluding carboxylic acids is 1. The van der Waals surface area contributed by atoms with Gasteiger partial charge in [-0.2, -0.15) is 0 Å². The molecule has 1 aromatic carbocycles. The molecule has 0 spiro atoms. The second-order valence-electron chi connectivity index (χ2n) is 5.23. The van der Waals surface area contributed by atoms with E-state index in [0.717, 1.165) is 5.56 Å². The molecule has 1 atom stereocenters. The van der Waals surface area contributed by atoms with Crippen LogP contribution in [0, 0.1) is 5.41 Å². The molecule has 1 aromatic rings. The molecule has 0 saturated carbocycles. The van der Waals surface area contributed by atoms with E-state index in [4.69, 9.17) is 23.2 Å². The average molecular weight is 303 g/mol. The predicted molar refractivity (Wildman–Crippen MR) is 80.7 cm³/mol. The Labute approximate surface area is 124 Å². The van der Waals surface area contributed by atoms with Gasteiger partial charge in [0, 0.05) is 29.7 Å². The minimum Gasteiger partial charge on any atom is -0.359 e. The molecule has 0 saturated heterocycles. The fraction of sp³-hybridized carbons (Fsp3) is 0.500. The Bertz CT molecular complexity index is 461. The summed E-state index contributed by atoms with van der Waals surface area (Å²) in [5.74, 6) is 0.00871. The zero-order valence-electron chi connectivity index (χ0n) is 11.7. The number of hydrogen-bond acceptors (Lipinski definition) is 2. The molecular formula is C14H20Cl2N2O. The number of amides is 1. The van der Waals surface area contributed by atoms with Gasteiger partial charge in [0.15, 0.2) is 0 Å². The average Bonchev–Trinajstić information content (AvgIpc) is 2.35. The van der Waals surface area contributed by atoms with Gasteiger partial charge in [-0.05, 0) is 38.5 Å². The summed E-state index contributed by atoms with van der Waals surface area (Å²) in [7, 11) is 1.64. The monoisotopic (exact) mass is 302 g/mol.